The number of hydrogen-bond acceptors (Lipinski definition) is 12. The Balaban J connectivity index is 1.07. The maximum absolute atomic E-state index is 12.4. The van der Waals surface area contributed by atoms with Gasteiger partial charge in [-0.05, 0) is 31.0 Å². The van der Waals surface area contributed by atoms with E-state index in [-0.39, 0.29) is 17.8 Å². The van der Waals surface area contributed by atoms with E-state index in [0.717, 1.165) is 48.5 Å². The highest BCUT2D eigenvalue weighted by molar-refractivity contribution is 5.96. The number of nitrogens with one attached hydrogen (secondary N) is 2. The summed E-state index contributed by atoms with van der Waals surface area (Å²) in [6.45, 7) is 8.86. The van der Waals surface area contributed by atoms with Gasteiger partial charge in [-0.1, -0.05) is 20.8 Å². The van der Waals surface area contributed by atoms with E-state index in [4.69, 9.17) is 15.5 Å². The van der Waals surface area contributed by atoms with Gasteiger partial charge in [-0.25, -0.2) is 19.9 Å². The van der Waals surface area contributed by atoms with Gasteiger partial charge >= 0.3 is 0 Å². The molecule has 0 radical (unpaired) electrons. The number of piperidine rings is 1. The molecule has 0 spiro atoms. The van der Waals surface area contributed by atoms with Crippen molar-refractivity contribution in [2.45, 2.75) is 77.2 Å². The lowest BCUT2D eigenvalue weighted by Crippen LogP contribution is -2.49. The Labute approximate surface area is 266 Å². The topological polar surface area (TPSA) is 207 Å². The molecule has 2 saturated heterocycles. The lowest BCUT2D eigenvalue weighted by atomic mass is 9.95. The second kappa shape index (κ2) is 12.9. The fraction of sp³-hybridized carbons (Fsp3) is 0.548. The molecule has 244 valence electrons. The lowest BCUT2D eigenvalue weighted by Gasteiger charge is -2.39. The Bertz CT molecular complexity index is 1730. The minimum absolute atomic E-state index is 0.0456. The van der Waals surface area contributed by atoms with Gasteiger partial charge in [0.15, 0.2) is 17.7 Å². The van der Waals surface area contributed by atoms with E-state index in [0.29, 0.717) is 37.2 Å². The van der Waals surface area contributed by atoms with Crippen LogP contribution < -0.4 is 11.1 Å². The highest BCUT2D eigenvalue weighted by Gasteiger charge is 2.45. The molecule has 15 heteroatoms. The third-order valence-corrected chi connectivity index (χ3v) is 8.84. The molecule has 1 aromatic carbocycles. The minimum atomic E-state index is -1.20. The number of aliphatic hydroxyl groups is 2. The molecule has 6 rings (SSSR count). The van der Waals surface area contributed by atoms with Gasteiger partial charge in [-0.3, -0.25) is 19.2 Å². The summed E-state index contributed by atoms with van der Waals surface area (Å²) in [6.07, 6.45) is 0.964. The SMILES string of the molecule is CC(C)(C)C(=O)Nc1ccc2nc(CN3CCC(N(CCC#N)C[C@H]4O[C@@H](n5cnc6c(N)ncnc65)[C@H](O)[C@@H]4O)CC3)[nH]c2c1. The first-order valence-corrected chi connectivity index (χ1v) is 15.6. The number of nitrogens with two attached hydrogens (primary N) is 1. The van der Waals surface area contributed by atoms with Crippen LogP contribution in [0, 0.1) is 16.7 Å². The fourth-order valence-corrected chi connectivity index (χ4v) is 6.20. The van der Waals surface area contributed by atoms with Crippen molar-refractivity contribution in [3.63, 3.8) is 0 Å². The lowest BCUT2D eigenvalue weighted by molar-refractivity contribution is -0.123. The van der Waals surface area contributed by atoms with Crippen LogP contribution in [0.15, 0.2) is 30.9 Å². The van der Waals surface area contributed by atoms with Gasteiger partial charge in [0.2, 0.25) is 5.91 Å². The number of anilines is 2. The van der Waals surface area contributed by atoms with Crippen molar-refractivity contribution >= 4 is 39.6 Å². The second-order valence-corrected chi connectivity index (χ2v) is 13.2. The second-order valence-electron chi connectivity index (χ2n) is 13.2. The van der Waals surface area contributed by atoms with Crippen molar-refractivity contribution in [1.82, 2.24) is 39.3 Å². The number of carbonyl (C=O) groups excluding carboxylic acids is 1. The van der Waals surface area contributed by atoms with Crippen molar-refractivity contribution in [3.05, 3.63) is 36.7 Å². The molecule has 15 nitrogen and oxygen atoms in total. The summed E-state index contributed by atoms with van der Waals surface area (Å²) in [4.78, 5) is 37.6. The van der Waals surface area contributed by atoms with Crippen molar-refractivity contribution in [2.75, 3.05) is 37.2 Å². The van der Waals surface area contributed by atoms with Gasteiger partial charge in [0, 0.05) is 49.7 Å². The standard InChI is InChI=1S/C31H41N11O4/c1-31(2,3)30(45)37-18-5-6-20-21(13-18)39-23(38-20)15-40-11-7-19(8-12-40)41(10-4-9-32)14-22-25(43)26(44)29(46-22)42-17-36-24-27(33)34-16-35-28(24)42/h5-6,13,16-17,19,22,25-26,29,43-44H,4,7-8,10-12,14-15H2,1-3H3,(H,37,45)(H,38,39)(H2,33,34,35)/t22-,25-,26-,29-/m1/s1. The predicted octanol–water partition coefficient (Wildman–Crippen LogP) is 1.77. The van der Waals surface area contributed by atoms with Gasteiger partial charge in [0.25, 0.3) is 0 Å². The van der Waals surface area contributed by atoms with Crippen LogP contribution in [0.2, 0.25) is 0 Å². The highest BCUT2D eigenvalue weighted by atomic mass is 16.6. The molecule has 5 heterocycles. The van der Waals surface area contributed by atoms with E-state index in [1.54, 1.807) is 4.57 Å². The van der Waals surface area contributed by atoms with Gasteiger partial charge in [-0.15, -0.1) is 0 Å². The summed E-state index contributed by atoms with van der Waals surface area (Å²) in [5.74, 6) is 1.03. The van der Waals surface area contributed by atoms with E-state index in [2.05, 4.69) is 41.1 Å². The monoisotopic (exact) mass is 631 g/mol. The Kier molecular flexibility index (Phi) is 8.90. The smallest absolute Gasteiger partial charge is 0.229 e. The molecule has 0 bridgehead atoms. The minimum Gasteiger partial charge on any atom is -0.387 e. The molecular formula is C31H41N11O4. The van der Waals surface area contributed by atoms with Gasteiger partial charge in [0.05, 0.1) is 30.0 Å². The molecule has 3 aromatic heterocycles. The number of fused-ring (bicyclic) bond motifs is 2. The van der Waals surface area contributed by atoms with Crippen molar-refractivity contribution in [2.24, 2.45) is 5.41 Å². The zero-order chi connectivity index (χ0) is 32.6. The molecule has 0 saturated carbocycles. The highest BCUT2D eigenvalue weighted by Crippen LogP contribution is 2.33. The summed E-state index contributed by atoms with van der Waals surface area (Å²) in [6, 6.07) is 8.11. The van der Waals surface area contributed by atoms with Crippen molar-refractivity contribution in [3.8, 4) is 6.07 Å². The molecule has 6 N–H and O–H groups in total. The number of ether oxygens (including phenoxy) is 1. The third kappa shape index (κ3) is 6.53. The van der Waals surface area contributed by atoms with Gasteiger partial charge in [0.1, 0.15) is 36.0 Å². The van der Waals surface area contributed by atoms with Crippen LogP contribution in [0.25, 0.3) is 22.2 Å². The first-order valence-electron chi connectivity index (χ1n) is 15.6. The number of imidazole rings is 2. The van der Waals surface area contributed by atoms with E-state index < -0.39 is 30.0 Å². The number of rotatable bonds is 9. The quantitative estimate of drug-likeness (QED) is 0.179. The van der Waals surface area contributed by atoms with Crippen molar-refractivity contribution in [1.29, 1.82) is 5.26 Å². The Morgan fingerprint density at radius 3 is 2.74 bits per heavy atom. The van der Waals surface area contributed by atoms with E-state index in [1.165, 1.54) is 12.7 Å². The van der Waals surface area contributed by atoms with Crippen LogP contribution in [0.5, 0.6) is 0 Å². The average Bonchev–Trinajstić information content (AvgIpc) is 3.71. The van der Waals surface area contributed by atoms with Crippen LogP contribution >= 0.6 is 0 Å². The Hall–Kier alpha value is -4.20. The molecular weight excluding hydrogens is 590 g/mol. The van der Waals surface area contributed by atoms with Crippen LogP contribution in [-0.4, -0.2) is 106 Å². The van der Waals surface area contributed by atoms with Crippen LogP contribution in [0.4, 0.5) is 11.5 Å². The van der Waals surface area contributed by atoms with Crippen LogP contribution in [0.3, 0.4) is 0 Å². The number of benzene rings is 1. The van der Waals surface area contributed by atoms with Crippen molar-refractivity contribution < 1.29 is 19.7 Å². The zero-order valence-electron chi connectivity index (χ0n) is 26.3. The van der Waals surface area contributed by atoms with Gasteiger partial charge < -0.3 is 31.0 Å². The molecule has 2 fully saturated rings. The number of H-pyrrole nitrogens is 1. The summed E-state index contributed by atoms with van der Waals surface area (Å²) in [5.41, 5.74) is 8.69. The van der Waals surface area contributed by atoms with E-state index in [1.807, 2.05) is 39.0 Å². The number of nitriles is 1. The number of aromatic nitrogens is 6. The first-order chi connectivity index (χ1) is 22.0. The number of aliphatic hydroxyl groups excluding tert-OH is 2. The number of likely N-dealkylation sites (tertiary alicyclic amines) is 1. The summed E-state index contributed by atoms with van der Waals surface area (Å²) < 4.78 is 7.78. The van der Waals surface area contributed by atoms with Crippen LogP contribution in [-0.2, 0) is 16.1 Å². The Morgan fingerprint density at radius 1 is 1.22 bits per heavy atom. The fourth-order valence-electron chi connectivity index (χ4n) is 6.20. The molecule has 46 heavy (non-hydrogen) atoms. The summed E-state index contributed by atoms with van der Waals surface area (Å²) in [5, 5.41) is 34.2. The Morgan fingerprint density at radius 2 is 2.00 bits per heavy atom. The molecule has 4 aromatic rings. The van der Waals surface area contributed by atoms with Crippen LogP contribution in [0.1, 0.15) is 52.1 Å². The predicted molar refractivity (Wildman–Crippen MR) is 170 cm³/mol. The van der Waals surface area contributed by atoms with Gasteiger partial charge in [-0.2, -0.15) is 5.26 Å². The number of carbonyl (C=O) groups is 1. The number of aromatic amines is 1. The summed E-state index contributed by atoms with van der Waals surface area (Å²) >= 11 is 0. The molecule has 0 unspecified atom stereocenters. The average molecular weight is 632 g/mol. The first kappa shape index (κ1) is 31.8. The molecule has 2 aliphatic rings. The number of amides is 1. The largest absolute Gasteiger partial charge is 0.387 e. The van der Waals surface area contributed by atoms with E-state index >= 15 is 0 Å². The number of nitrogen functional groups attached to an aromatic ring is 1. The zero-order valence-corrected chi connectivity index (χ0v) is 26.3. The molecule has 1 amide bonds. The molecule has 0 aliphatic carbocycles. The number of nitrogens with zero attached hydrogens (tertiary/aromatic N) is 8. The summed E-state index contributed by atoms with van der Waals surface area (Å²) in [7, 11) is 0. The molecule has 4 atom stereocenters. The normalized spacial score (nSPS) is 23.0. The third-order valence-electron chi connectivity index (χ3n) is 8.84. The number of hydrogen-bond donors (Lipinski definition) is 5. The molecule has 2 aliphatic heterocycles. The maximum atomic E-state index is 12.4. The maximum Gasteiger partial charge on any atom is 0.229 e. The van der Waals surface area contributed by atoms with E-state index in [9.17, 15) is 20.3 Å².